The predicted octanol–water partition coefficient (Wildman–Crippen LogP) is 3.17. The zero-order chi connectivity index (χ0) is 13.2. The monoisotopic (exact) mass is 281 g/mol. The molecule has 0 unspecified atom stereocenters. The number of anilines is 1. The summed E-state index contributed by atoms with van der Waals surface area (Å²) in [4.78, 5) is 0.221. The van der Waals surface area contributed by atoms with Gasteiger partial charge in [0.1, 0.15) is 0 Å². The summed E-state index contributed by atoms with van der Waals surface area (Å²) >= 11 is 5.75. The Morgan fingerprint density at radius 2 is 1.50 bits per heavy atom. The molecule has 0 amide bonds. The fraction of sp³-hybridized carbons (Fsp3) is 0.0769. The van der Waals surface area contributed by atoms with Gasteiger partial charge in [-0.15, -0.1) is 0 Å². The molecule has 0 radical (unpaired) electrons. The minimum Gasteiger partial charge on any atom is -0.269 e. The molecule has 0 bridgehead atoms. The van der Waals surface area contributed by atoms with Crippen LogP contribution in [-0.4, -0.2) is 15.5 Å². The van der Waals surface area contributed by atoms with Gasteiger partial charge in [-0.3, -0.25) is 4.31 Å². The van der Waals surface area contributed by atoms with Gasteiger partial charge in [0.2, 0.25) is 0 Å². The first-order valence-corrected chi connectivity index (χ1v) is 7.13. The van der Waals surface area contributed by atoms with Crippen LogP contribution in [0.15, 0.2) is 59.5 Å². The van der Waals surface area contributed by atoms with Crippen molar-refractivity contribution in [1.82, 2.24) is 0 Å². The number of sulfonamides is 1. The molecule has 0 heterocycles. The van der Waals surface area contributed by atoms with E-state index in [0.29, 0.717) is 10.7 Å². The maximum atomic E-state index is 12.3. The van der Waals surface area contributed by atoms with Gasteiger partial charge in [-0.25, -0.2) is 8.42 Å². The van der Waals surface area contributed by atoms with Crippen LogP contribution in [0.1, 0.15) is 0 Å². The van der Waals surface area contributed by atoms with Crippen molar-refractivity contribution in [3.8, 4) is 0 Å². The molecular weight excluding hydrogens is 270 g/mol. The van der Waals surface area contributed by atoms with Crippen LogP contribution >= 0.6 is 11.6 Å². The van der Waals surface area contributed by atoms with E-state index in [-0.39, 0.29) is 4.90 Å². The summed E-state index contributed by atoms with van der Waals surface area (Å²) in [7, 11) is -2.01. The SMILES string of the molecule is CN(c1ccccc1)S(=O)(=O)c1ccc(Cl)cc1. The average Bonchev–Trinajstić information content (AvgIpc) is 2.39. The van der Waals surface area contributed by atoms with Crippen molar-refractivity contribution in [3.05, 3.63) is 59.6 Å². The molecule has 0 saturated heterocycles. The molecule has 0 fully saturated rings. The van der Waals surface area contributed by atoms with Crippen molar-refractivity contribution < 1.29 is 8.42 Å². The van der Waals surface area contributed by atoms with E-state index in [0.717, 1.165) is 0 Å². The summed E-state index contributed by atoms with van der Waals surface area (Å²) in [6.07, 6.45) is 0. The summed E-state index contributed by atoms with van der Waals surface area (Å²) < 4.78 is 25.9. The lowest BCUT2D eigenvalue weighted by atomic mass is 10.3. The molecule has 18 heavy (non-hydrogen) atoms. The molecule has 0 N–H and O–H groups in total. The zero-order valence-corrected chi connectivity index (χ0v) is 11.3. The summed E-state index contributed by atoms with van der Waals surface area (Å²) in [5.74, 6) is 0. The van der Waals surface area contributed by atoms with Gasteiger partial charge in [0.15, 0.2) is 0 Å². The minimum absolute atomic E-state index is 0.221. The van der Waals surface area contributed by atoms with E-state index in [1.165, 1.54) is 23.5 Å². The molecule has 5 heteroatoms. The van der Waals surface area contributed by atoms with Crippen molar-refractivity contribution in [2.45, 2.75) is 4.90 Å². The number of rotatable bonds is 3. The van der Waals surface area contributed by atoms with Crippen LogP contribution < -0.4 is 4.31 Å². The molecule has 94 valence electrons. The fourth-order valence-electron chi connectivity index (χ4n) is 1.54. The second-order valence-electron chi connectivity index (χ2n) is 3.76. The van der Waals surface area contributed by atoms with Gasteiger partial charge in [-0.1, -0.05) is 29.8 Å². The fourth-order valence-corrected chi connectivity index (χ4v) is 2.86. The Morgan fingerprint density at radius 1 is 0.944 bits per heavy atom. The maximum absolute atomic E-state index is 12.3. The normalized spacial score (nSPS) is 11.2. The van der Waals surface area contributed by atoms with E-state index >= 15 is 0 Å². The van der Waals surface area contributed by atoms with Gasteiger partial charge in [0.25, 0.3) is 10.0 Å². The number of halogens is 1. The van der Waals surface area contributed by atoms with Crippen molar-refractivity contribution in [1.29, 1.82) is 0 Å². The third-order valence-corrected chi connectivity index (χ3v) is 4.64. The molecule has 0 atom stereocenters. The van der Waals surface area contributed by atoms with Crippen LogP contribution in [0, 0.1) is 0 Å². The Kier molecular flexibility index (Phi) is 3.59. The van der Waals surface area contributed by atoms with Gasteiger partial charge < -0.3 is 0 Å². The highest BCUT2D eigenvalue weighted by molar-refractivity contribution is 7.92. The predicted molar refractivity (Wildman–Crippen MR) is 73.5 cm³/mol. The lowest BCUT2D eigenvalue weighted by molar-refractivity contribution is 0.594. The molecular formula is C13H12ClNO2S. The molecule has 0 saturated carbocycles. The standard InChI is InChI=1S/C13H12ClNO2S/c1-15(12-5-3-2-4-6-12)18(16,17)13-9-7-11(14)8-10-13/h2-10H,1H3. The molecule has 2 rings (SSSR count). The van der Waals surface area contributed by atoms with E-state index in [2.05, 4.69) is 0 Å². The van der Waals surface area contributed by atoms with Gasteiger partial charge in [0, 0.05) is 12.1 Å². The Labute approximate surface area is 112 Å². The molecule has 0 aliphatic carbocycles. The molecule has 0 aromatic heterocycles. The average molecular weight is 282 g/mol. The first-order chi connectivity index (χ1) is 8.51. The summed E-state index contributed by atoms with van der Waals surface area (Å²) in [5, 5.41) is 0.510. The third kappa shape index (κ3) is 2.49. The van der Waals surface area contributed by atoms with E-state index in [1.807, 2.05) is 6.07 Å². The topological polar surface area (TPSA) is 37.4 Å². The smallest absolute Gasteiger partial charge is 0.264 e. The highest BCUT2D eigenvalue weighted by Crippen LogP contribution is 2.22. The number of para-hydroxylation sites is 1. The number of hydrogen-bond acceptors (Lipinski definition) is 2. The van der Waals surface area contributed by atoms with Gasteiger partial charge >= 0.3 is 0 Å². The van der Waals surface area contributed by atoms with Crippen LogP contribution in [0.25, 0.3) is 0 Å². The van der Waals surface area contributed by atoms with E-state index in [9.17, 15) is 8.42 Å². The molecule has 3 nitrogen and oxygen atoms in total. The van der Waals surface area contributed by atoms with E-state index in [1.54, 1.807) is 36.4 Å². The molecule has 0 aliphatic heterocycles. The lowest BCUT2D eigenvalue weighted by Gasteiger charge is -2.19. The quantitative estimate of drug-likeness (QED) is 0.867. The van der Waals surface area contributed by atoms with Crippen LogP contribution in [-0.2, 0) is 10.0 Å². The van der Waals surface area contributed by atoms with Crippen LogP contribution in [0.5, 0.6) is 0 Å². The largest absolute Gasteiger partial charge is 0.269 e. The third-order valence-electron chi connectivity index (χ3n) is 2.59. The highest BCUT2D eigenvalue weighted by Gasteiger charge is 2.20. The van der Waals surface area contributed by atoms with E-state index < -0.39 is 10.0 Å². The number of benzene rings is 2. The molecule has 2 aromatic carbocycles. The highest BCUT2D eigenvalue weighted by atomic mass is 35.5. The van der Waals surface area contributed by atoms with Crippen LogP contribution in [0.2, 0.25) is 5.02 Å². The number of hydrogen-bond donors (Lipinski definition) is 0. The minimum atomic E-state index is -3.53. The molecule has 0 spiro atoms. The van der Waals surface area contributed by atoms with E-state index in [4.69, 9.17) is 11.6 Å². The molecule has 2 aromatic rings. The Bertz CT molecular complexity index is 624. The second-order valence-corrected chi connectivity index (χ2v) is 6.17. The first-order valence-electron chi connectivity index (χ1n) is 5.31. The van der Waals surface area contributed by atoms with Crippen molar-refractivity contribution >= 4 is 27.3 Å². The Hall–Kier alpha value is -1.52. The summed E-state index contributed by atoms with van der Waals surface area (Å²) in [6.45, 7) is 0. The molecule has 0 aliphatic rings. The maximum Gasteiger partial charge on any atom is 0.264 e. The van der Waals surface area contributed by atoms with Crippen molar-refractivity contribution in [2.75, 3.05) is 11.4 Å². The Balaban J connectivity index is 2.40. The second kappa shape index (κ2) is 5.00. The van der Waals surface area contributed by atoms with Crippen molar-refractivity contribution in [2.24, 2.45) is 0 Å². The number of nitrogens with zero attached hydrogens (tertiary/aromatic N) is 1. The van der Waals surface area contributed by atoms with Gasteiger partial charge in [0.05, 0.1) is 10.6 Å². The van der Waals surface area contributed by atoms with Crippen molar-refractivity contribution in [3.63, 3.8) is 0 Å². The van der Waals surface area contributed by atoms with Gasteiger partial charge in [-0.2, -0.15) is 0 Å². The first kappa shape index (κ1) is 12.9. The summed E-state index contributed by atoms with van der Waals surface area (Å²) in [5.41, 5.74) is 0.618. The van der Waals surface area contributed by atoms with Crippen LogP contribution in [0.3, 0.4) is 0 Å². The zero-order valence-electron chi connectivity index (χ0n) is 9.75. The summed E-state index contributed by atoms with van der Waals surface area (Å²) in [6, 6.07) is 15.0. The Morgan fingerprint density at radius 3 is 2.06 bits per heavy atom. The lowest BCUT2D eigenvalue weighted by Crippen LogP contribution is -2.26. The van der Waals surface area contributed by atoms with Crippen LogP contribution in [0.4, 0.5) is 5.69 Å². The van der Waals surface area contributed by atoms with Gasteiger partial charge in [-0.05, 0) is 36.4 Å².